The number of amides is 2. The lowest BCUT2D eigenvalue weighted by Gasteiger charge is -2.17. The van der Waals surface area contributed by atoms with Crippen LogP contribution in [0, 0.1) is 12.8 Å². The van der Waals surface area contributed by atoms with Gasteiger partial charge in [0.15, 0.2) is 0 Å². The van der Waals surface area contributed by atoms with Crippen LogP contribution in [-0.2, 0) is 22.6 Å². The molecule has 1 N–H and O–H groups in total. The van der Waals surface area contributed by atoms with Crippen molar-refractivity contribution in [3.63, 3.8) is 0 Å². The molecule has 5 heteroatoms. The van der Waals surface area contributed by atoms with Crippen molar-refractivity contribution in [1.29, 1.82) is 0 Å². The molecule has 26 heavy (non-hydrogen) atoms. The number of rotatable bonds is 6. The molecule has 1 aliphatic rings. The first-order chi connectivity index (χ1) is 12.5. The van der Waals surface area contributed by atoms with Crippen LogP contribution >= 0.6 is 11.6 Å². The first-order valence-corrected chi connectivity index (χ1v) is 9.25. The number of benzene rings is 2. The summed E-state index contributed by atoms with van der Waals surface area (Å²) in [7, 11) is 0. The van der Waals surface area contributed by atoms with Gasteiger partial charge in [-0.15, -0.1) is 0 Å². The zero-order valence-electron chi connectivity index (χ0n) is 14.9. The predicted molar refractivity (Wildman–Crippen MR) is 103 cm³/mol. The number of nitrogens with zero attached hydrogens (tertiary/aromatic N) is 1. The van der Waals surface area contributed by atoms with Crippen LogP contribution < -0.4 is 5.32 Å². The van der Waals surface area contributed by atoms with Gasteiger partial charge in [0, 0.05) is 31.1 Å². The molecule has 0 aromatic heterocycles. The maximum Gasteiger partial charge on any atom is 0.225 e. The molecule has 0 bridgehead atoms. The largest absolute Gasteiger partial charge is 0.352 e. The van der Waals surface area contributed by atoms with Crippen LogP contribution in [0.2, 0.25) is 5.02 Å². The summed E-state index contributed by atoms with van der Waals surface area (Å²) in [5.74, 6) is -0.325. The van der Waals surface area contributed by atoms with Crippen LogP contribution in [0.25, 0.3) is 0 Å². The molecule has 1 aliphatic heterocycles. The summed E-state index contributed by atoms with van der Waals surface area (Å²) in [5, 5.41) is 3.53. The topological polar surface area (TPSA) is 49.4 Å². The molecule has 2 amide bonds. The summed E-state index contributed by atoms with van der Waals surface area (Å²) in [6, 6.07) is 15.8. The first-order valence-electron chi connectivity index (χ1n) is 8.87. The molecule has 1 fully saturated rings. The lowest BCUT2D eigenvalue weighted by Crippen LogP contribution is -2.33. The molecule has 1 saturated heterocycles. The number of halogens is 1. The number of nitrogens with one attached hydrogen (secondary N) is 1. The van der Waals surface area contributed by atoms with Crippen molar-refractivity contribution in [3.8, 4) is 0 Å². The fraction of sp³-hybridized carbons (Fsp3) is 0.333. The molecule has 2 aromatic carbocycles. The summed E-state index contributed by atoms with van der Waals surface area (Å²) in [6.07, 6.45) is 1.09. The van der Waals surface area contributed by atoms with E-state index in [9.17, 15) is 9.59 Å². The van der Waals surface area contributed by atoms with Crippen molar-refractivity contribution in [2.45, 2.75) is 26.3 Å². The van der Waals surface area contributed by atoms with Gasteiger partial charge in [0.25, 0.3) is 0 Å². The van der Waals surface area contributed by atoms with E-state index in [4.69, 9.17) is 11.6 Å². The number of likely N-dealkylation sites (tertiary alicyclic amines) is 1. The zero-order chi connectivity index (χ0) is 18.5. The minimum atomic E-state index is -0.289. The maximum atomic E-state index is 12.4. The summed E-state index contributed by atoms with van der Waals surface area (Å²) in [6.45, 7) is 3.57. The van der Waals surface area contributed by atoms with E-state index in [1.807, 2.05) is 18.2 Å². The van der Waals surface area contributed by atoms with Gasteiger partial charge in [-0.05, 0) is 30.5 Å². The van der Waals surface area contributed by atoms with E-state index in [-0.39, 0.29) is 24.2 Å². The number of carbonyl (C=O) groups excluding carboxylic acids is 2. The van der Waals surface area contributed by atoms with E-state index >= 15 is 0 Å². The smallest absolute Gasteiger partial charge is 0.225 e. The highest BCUT2D eigenvalue weighted by molar-refractivity contribution is 6.31. The molecular formula is C21H23ClN2O2. The lowest BCUT2D eigenvalue weighted by molar-refractivity contribution is -0.129. The van der Waals surface area contributed by atoms with Crippen molar-refractivity contribution in [2.75, 3.05) is 13.1 Å². The molecule has 2 aromatic rings. The van der Waals surface area contributed by atoms with Gasteiger partial charge in [0.2, 0.25) is 11.8 Å². The SMILES string of the molecule is Cc1ccc(CCN2C[C@H](C(=O)NCc3ccccc3Cl)CC2=O)cc1. The highest BCUT2D eigenvalue weighted by atomic mass is 35.5. The fourth-order valence-corrected chi connectivity index (χ4v) is 3.35. The van der Waals surface area contributed by atoms with Crippen molar-refractivity contribution >= 4 is 23.4 Å². The van der Waals surface area contributed by atoms with Gasteiger partial charge >= 0.3 is 0 Å². The van der Waals surface area contributed by atoms with Crippen molar-refractivity contribution < 1.29 is 9.59 Å². The average Bonchev–Trinajstić information content (AvgIpc) is 3.01. The van der Waals surface area contributed by atoms with Crippen LogP contribution in [0.5, 0.6) is 0 Å². The second-order valence-corrected chi connectivity index (χ2v) is 7.19. The maximum absolute atomic E-state index is 12.4. The molecule has 1 heterocycles. The minimum Gasteiger partial charge on any atom is -0.352 e. The molecule has 0 aliphatic carbocycles. The Morgan fingerprint density at radius 3 is 2.65 bits per heavy atom. The molecule has 0 spiro atoms. The second kappa shape index (κ2) is 8.37. The van der Waals surface area contributed by atoms with E-state index < -0.39 is 0 Å². The quantitative estimate of drug-likeness (QED) is 0.847. The van der Waals surface area contributed by atoms with Gasteiger partial charge in [0.1, 0.15) is 0 Å². The summed E-state index contributed by atoms with van der Waals surface area (Å²) in [4.78, 5) is 26.4. The number of aryl methyl sites for hydroxylation is 1. The van der Waals surface area contributed by atoms with Crippen LogP contribution in [0.4, 0.5) is 0 Å². The molecule has 0 unspecified atom stereocenters. The summed E-state index contributed by atoms with van der Waals surface area (Å²) >= 11 is 6.11. The van der Waals surface area contributed by atoms with Gasteiger partial charge in [-0.2, -0.15) is 0 Å². The van der Waals surface area contributed by atoms with Gasteiger partial charge < -0.3 is 10.2 Å². The third kappa shape index (κ3) is 4.64. The predicted octanol–water partition coefficient (Wildman–Crippen LogP) is 3.36. The van der Waals surface area contributed by atoms with Gasteiger partial charge in [-0.1, -0.05) is 59.6 Å². The Labute approximate surface area is 159 Å². The Morgan fingerprint density at radius 2 is 1.92 bits per heavy atom. The third-order valence-corrected chi connectivity index (χ3v) is 5.16. The molecule has 3 rings (SSSR count). The van der Waals surface area contributed by atoms with E-state index in [1.54, 1.807) is 11.0 Å². The number of hydrogen-bond acceptors (Lipinski definition) is 2. The Bertz CT molecular complexity index is 789. The molecule has 0 saturated carbocycles. The van der Waals surface area contributed by atoms with Crippen molar-refractivity contribution in [1.82, 2.24) is 10.2 Å². The molecule has 1 atom stereocenters. The minimum absolute atomic E-state index is 0.0509. The highest BCUT2D eigenvalue weighted by Crippen LogP contribution is 2.20. The van der Waals surface area contributed by atoms with E-state index in [2.05, 4.69) is 36.5 Å². The molecule has 4 nitrogen and oxygen atoms in total. The van der Waals surface area contributed by atoms with Crippen molar-refractivity contribution in [3.05, 3.63) is 70.2 Å². The van der Waals surface area contributed by atoms with E-state index in [0.717, 1.165) is 12.0 Å². The van der Waals surface area contributed by atoms with E-state index in [0.29, 0.717) is 24.7 Å². The highest BCUT2D eigenvalue weighted by Gasteiger charge is 2.33. The van der Waals surface area contributed by atoms with Crippen LogP contribution in [0.15, 0.2) is 48.5 Å². The standard InChI is InChI=1S/C21H23ClN2O2/c1-15-6-8-16(9-7-15)10-11-24-14-18(12-20(24)25)21(26)23-13-17-4-2-3-5-19(17)22/h2-9,18H,10-14H2,1H3,(H,23,26)/t18-/m1/s1. The van der Waals surface area contributed by atoms with Gasteiger partial charge in [-0.3, -0.25) is 9.59 Å². The summed E-state index contributed by atoms with van der Waals surface area (Å²) in [5.41, 5.74) is 3.30. The van der Waals surface area contributed by atoms with Crippen LogP contribution in [-0.4, -0.2) is 29.8 Å². The van der Waals surface area contributed by atoms with E-state index in [1.165, 1.54) is 11.1 Å². The van der Waals surface area contributed by atoms with Gasteiger partial charge in [-0.25, -0.2) is 0 Å². The molecule has 136 valence electrons. The number of hydrogen-bond donors (Lipinski definition) is 1. The lowest BCUT2D eigenvalue weighted by atomic mass is 10.1. The average molecular weight is 371 g/mol. The molecular weight excluding hydrogens is 348 g/mol. The summed E-state index contributed by atoms with van der Waals surface area (Å²) < 4.78 is 0. The molecule has 0 radical (unpaired) electrons. The van der Waals surface area contributed by atoms with Crippen LogP contribution in [0.3, 0.4) is 0 Å². The van der Waals surface area contributed by atoms with Crippen molar-refractivity contribution in [2.24, 2.45) is 5.92 Å². The Balaban J connectivity index is 1.49. The monoisotopic (exact) mass is 370 g/mol. The Kier molecular flexibility index (Phi) is 5.94. The second-order valence-electron chi connectivity index (χ2n) is 6.79. The third-order valence-electron chi connectivity index (χ3n) is 4.79. The fourth-order valence-electron chi connectivity index (χ4n) is 3.15. The Hall–Kier alpha value is -2.33. The van der Waals surface area contributed by atoms with Gasteiger partial charge in [0.05, 0.1) is 5.92 Å². The zero-order valence-corrected chi connectivity index (χ0v) is 15.6. The van der Waals surface area contributed by atoms with Crippen LogP contribution in [0.1, 0.15) is 23.1 Å². The number of carbonyl (C=O) groups is 2. The normalized spacial score (nSPS) is 16.8. The first kappa shape index (κ1) is 18.5. The Morgan fingerprint density at radius 1 is 1.19 bits per heavy atom.